The summed E-state index contributed by atoms with van der Waals surface area (Å²) < 4.78 is 34.0. The van der Waals surface area contributed by atoms with Crippen molar-refractivity contribution < 1.29 is 13.2 Å². The Balaban J connectivity index is 1.88. The number of pyridine rings is 1. The van der Waals surface area contributed by atoms with Crippen LogP contribution < -0.4 is 9.46 Å². The molecule has 2 aromatic carbocycles. The van der Waals surface area contributed by atoms with Crippen molar-refractivity contribution in [2.75, 3.05) is 11.8 Å². The Morgan fingerprint density at radius 2 is 1.83 bits per heavy atom. The highest BCUT2D eigenvalue weighted by atomic mass is 35.5. The van der Waals surface area contributed by atoms with Gasteiger partial charge in [-0.3, -0.25) is 4.72 Å². The van der Waals surface area contributed by atoms with Crippen molar-refractivity contribution in [2.45, 2.75) is 5.25 Å². The number of para-hydroxylation sites is 1. The van der Waals surface area contributed by atoms with Crippen LogP contribution in [-0.2, 0) is 10.0 Å². The van der Waals surface area contributed by atoms with Gasteiger partial charge in [0, 0.05) is 6.20 Å². The maximum atomic E-state index is 13.1. The smallest absolute Gasteiger partial charge is 0.243 e. The quantitative estimate of drug-likeness (QED) is 0.366. The molecule has 7 heteroatoms. The van der Waals surface area contributed by atoms with Crippen molar-refractivity contribution in [2.24, 2.45) is 0 Å². The second kappa shape index (κ2) is 9.61. The molecule has 3 aromatic rings. The molecule has 3 rings (SSSR count). The minimum Gasteiger partial charge on any atom is -0.497 e. The first kappa shape index (κ1) is 21.6. The lowest BCUT2D eigenvalue weighted by atomic mass is 10.1. The molecule has 0 saturated carbocycles. The lowest BCUT2D eigenvalue weighted by molar-refractivity contribution is 0.414. The molecule has 1 aromatic heterocycles. The van der Waals surface area contributed by atoms with Crippen LogP contribution in [0.2, 0.25) is 5.15 Å². The molecule has 1 atom stereocenters. The molecule has 1 heterocycles. The van der Waals surface area contributed by atoms with E-state index >= 15 is 0 Å². The Labute approximate surface area is 181 Å². The van der Waals surface area contributed by atoms with Gasteiger partial charge in [0.25, 0.3) is 0 Å². The molecule has 5 nitrogen and oxygen atoms in total. The van der Waals surface area contributed by atoms with Gasteiger partial charge in [-0.15, -0.1) is 6.58 Å². The van der Waals surface area contributed by atoms with E-state index in [0.29, 0.717) is 27.7 Å². The standard InChI is InChI=1S/C23H21ClN2O3S/c1-3-22(19-10-12-20(29-2)13-11-19)30(27,28)26-21-7-5-4-6-18(21)9-8-17-14-15-25-23(24)16-17/h3-16,22,26H,1H2,2H3. The summed E-state index contributed by atoms with van der Waals surface area (Å²) in [4.78, 5) is 3.95. The van der Waals surface area contributed by atoms with Gasteiger partial charge in [0.2, 0.25) is 10.0 Å². The zero-order valence-electron chi connectivity index (χ0n) is 16.3. The maximum Gasteiger partial charge on any atom is 0.243 e. The normalized spacial score (nSPS) is 12.5. The minimum atomic E-state index is -3.78. The molecule has 30 heavy (non-hydrogen) atoms. The molecule has 0 amide bonds. The highest BCUT2D eigenvalue weighted by molar-refractivity contribution is 7.93. The van der Waals surface area contributed by atoms with Gasteiger partial charge in [-0.2, -0.15) is 0 Å². The summed E-state index contributed by atoms with van der Waals surface area (Å²) in [6.07, 6.45) is 6.68. The number of halogens is 1. The zero-order valence-corrected chi connectivity index (χ0v) is 17.9. The van der Waals surface area contributed by atoms with E-state index in [9.17, 15) is 8.42 Å². The topological polar surface area (TPSA) is 68.3 Å². The Hall–Kier alpha value is -3.09. The van der Waals surface area contributed by atoms with E-state index in [1.165, 1.54) is 6.08 Å². The molecular weight excluding hydrogens is 420 g/mol. The van der Waals surface area contributed by atoms with Crippen LogP contribution in [0, 0.1) is 0 Å². The third-order valence-electron chi connectivity index (χ3n) is 4.41. The predicted molar refractivity (Wildman–Crippen MR) is 123 cm³/mol. The van der Waals surface area contributed by atoms with E-state index in [-0.39, 0.29) is 0 Å². The number of sulfonamides is 1. The highest BCUT2D eigenvalue weighted by Gasteiger charge is 2.25. The monoisotopic (exact) mass is 440 g/mol. The number of hydrogen-bond acceptors (Lipinski definition) is 4. The lowest BCUT2D eigenvalue weighted by Crippen LogP contribution is -2.20. The largest absolute Gasteiger partial charge is 0.497 e. The third kappa shape index (κ3) is 5.28. The number of nitrogens with one attached hydrogen (secondary N) is 1. The van der Waals surface area contributed by atoms with Gasteiger partial charge in [0.1, 0.15) is 16.2 Å². The van der Waals surface area contributed by atoms with E-state index in [1.54, 1.807) is 55.8 Å². The molecule has 0 spiro atoms. The first-order valence-corrected chi connectivity index (χ1v) is 11.0. The fourth-order valence-corrected chi connectivity index (χ4v) is 4.47. The van der Waals surface area contributed by atoms with Gasteiger partial charge in [-0.25, -0.2) is 13.4 Å². The fraction of sp³-hybridized carbons (Fsp3) is 0.0870. The van der Waals surface area contributed by atoms with E-state index in [0.717, 1.165) is 5.56 Å². The first-order chi connectivity index (χ1) is 14.4. The van der Waals surface area contributed by atoms with Crippen molar-refractivity contribution in [3.05, 3.63) is 101 Å². The Morgan fingerprint density at radius 3 is 2.50 bits per heavy atom. The number of anilines is 1. The van der Waals surface area contributed by atoms with Gasteiger partial charge in [0.05, 0.1) is 12.8 Å². The molecule has 0 saturated heterocycles. The molecular formula is C23H21ClN2O3S. The second-order valence-electron chi connectivity index (χ2n) is 6.41. The summed E-state index contributed by atoms with van der Waals surface area (Å²) in [6.45, 7) is 3.71. The average Bonchev–Trinajstić information content (AvgIpc) is 2.74. The van der Waals surface area contributed by atoms with Crippen LogP contribution in [0.5, 0.6) is 5.75 Å². The summed E-state index contributed by atoms with van der Waals surface area (Å²) in [6, 6.07) is 17.6. The van der Waals surface area contributed by atoms with Crippen molar-refractivity contribution in [1.82, 2.24) is 4.98 Å². The molecule has 0 radical (unpaired) electrons. The SMILES string of the molecule is C=CC(c1ccc(OC)cc1)S(=O)(=O)Nc1ccccc1C=Cc1ccnc(Cl)c1. The van der Waals surface area contributed by atoms with E-state index in [2.05, 4.69) is 16.3 Å². The third-order valence-corrected chi connectivity index (χ3v) is 6.26. The lowest BCUT2D eigenvalue weighted by Gasteiger charge is -2.17. The summed E-state index contributed by atoms with van der Waals surface area (Å²) in [5.41, 5.74) is 2.63. The number of hydrogen-bond donors (Lipinski definition) is 1. The second-order valence-corrected chi connectivity index (χ2v) is 8.60. The number of benzene rings is 2. The van der Waals surface area contributed by atoms with Crippen LogP contribution in [0.4, 0.5) is 5.69 Å². The van der Waals surface area contributed by atoms with Crippen LogP contribution >= 0.6 is 11.6 Å². The number of nitrogens with zero attached hydrogens (tertiary/aromatic N) is 1. The Morgan fingerprint density at radius 1 is 1.10 bits per heavy atom. The Bertz CT molecular complexity index is 1160. The molecule has 0 bridgehead atoms. The van der Waals surface area contributed by atoms with Crippen LogP contribution in [0.15, 0.2) is 79.5 Å². The molecule has 0 aliphatic heterocycles. The molecule has 0 aliphatic carbocycles. The number of aromatic nitrogens is 1. The summed E-state index contributed by atoms with van der Waals surface area (Å²) in [7, 11) is -2.23. The van der Waals surface area contributed by atoms with E-state index in [1.807, 2.05) is 30.4 Å². The molecule has 1 N–H and O–H groups in total. The van der Waals surface area contributed by atoms with Crippen molar-refractivity contribution in [3.63, 3.8) is 0 Å². The zero-order chi connectivity index (χ0) is 21.6. The predicted octanol–water partition coefficient (Wildman–Crippen LogP) is 5.58. The van der Waals surface area contributed by atoms with Crippen molar-refractivity contribution in [1.29, 1.82) is 0 Å². The molecule has 154 valence electrons. The van der Waals surface area contributed by atoms with Crippen LogP contribution in [0.25, 0.3) is 12.2 Å². The van der Waals surface area contributed by atoms with Crippen LogP contribution in [-0.4, -0.2) is 20.5 Å². The highest BCUT2D eigenvalue weighted by Crippen LogP contribution is 2.29. The van der Waals surface area contributed by atoms with Gasteiger partial charge < -0.3 is 4.74 Å². The van der Waals surface area contributed by atoms with Gasteiger partial charge >= 0.3 is 0 Å². The average molecular weight is 441 g/mol. The number of methoxy groups -OCH3 is 1. The van der Waals surface area contributed by atoms with Crippen molar-refractivity contribution in [3.8, 4) is 5.75 Å². The van der Waals surface area contributed by atoms with Gasteiger partial charge in [-0.05, 0) is 47.0 Å². The molecule has 1 unspecified atom stereocenters. The summed E-state index contributed by atoms with van der Waals surface area (Å²) in [5, 5.41) is -0.529. The van der Waals surface area contributed by atoms with E-state index in [4.69, 9.17) is 16.3 Å². The fourth-order valence-electron chi connectivity index (χ4n) is 2.89. The number of rotatable bonds is 8. The van der Waals surface area contributed by atoms with Crippen molar-refractivity contribution >= 4 is 39.5 Å². The number of ether oxygens (including phenoxy) is 1. The van der Waals surface area contributed by atoms with Crippen LogP contribution in [0.3, 0.4) is 0 Å². The summed E-state index contributed by atoms with van der Waals surface area (Å²) >= 11 is 5.92. The molecule has 0 fully saturated rings. The maximum absolute atomic E-state index is 13.1. The van der Waals surface area contributed by atoms with Crippen LogP contribution in [0.1, 0.15) is 21.9 Å². The van der Waals surface area contributed by atoms with E-state index < -0.39 is 15.3 Å². The molecule has 0 aliphatic rings. The minimum absolute atomic E-state index is 0.388. The summed E-state index contributed by atoms with van der Waals surface area (Å²) in [5.74, 6) is 0.651. The van der Waals surface area contributed by atoms with Gasteiger partial charge in [0.15, 0.2) is 0 Å². The first-order valence-electron chi connectivity index (χ1n) is 9.10. The van der Waals surface area contributed by atoms with Gasteiger partial charge in [-0.1, -0.05) is 60.2 Å². The Kier molecular flexibility index (Phi) is 6.92.